The van der Waals surface area contributed by atoms with Gasteiger partial charge in [-0.25, -0.2) is 0 Å². The number of rotatable bonds is 5. The molecular formula is C16H20N2O. The first-order valence-electron chi connectivity index (χ1n) is 6.49. The van der Waals surface area contributed by atoms with Crippen LogP contribution in [-0.4, -0.2) is 20.7 Å². The van der Waals surface area contributed by atoms with Crippen LogP contribution in [0.3, 0.4) is 0 Å². The van der Waals surface area contributed by atoms with Crippen molar-refractivity contribution in [3.05, 3.63) is 48.5 Å². The molecule has 2 aromatic rings. The van der Waals surface area contributed by atoms with E-state index in [9.17, 15) is 0 Å². The van der Waals surface area contributed by atoms with Crippen LogP contribution in [0.25, 0.3) is 0 Å². The van der Waals surface area contributed by atoms with E-state index in [4.69, 9.17) is 4.74 Å². The zero-order valence-corrected chi connectivity index (χ0v) is 11.7. The molecule has 0 amide bonds. The van der Waals surface area contributed by atoms with Crippen LogP contribution in [0.2, 0.25) is 0 Å². The minimum atomic E-state index is 0.695. The molecule has 0 aliphatic carbocycles. The van der Waals surface area contributed by atoms with Crippen molar-refractivity contribution in [1.29, 1.82) is 0 Å². The number of hydrogen-bond donors (Lipinski definition) is 1. The maximum absolute atomic E-state index is 5.45. The Morgan fingerprint density at radius 2 is 1.47 bits per heavy atom. The average Bonchev–Trinajstić information content (AvgIpc) is 2.48. The van der Waals surface area contributed by atoms with Crippen molar-refractivity contribution >= 4 is 17.1 Å². The molecule has 2 rings (SSSR count). The van der Waals surface area contributed by atoms with Crippen LogP contribution in [0.1, 0.15) is 6.92 Å². The van der Waals surface area contributed by atoms with Gasteiger partial charge in [-0.2, -0.15) is 0 Å². The van der Waals surface area contributed by atoms with Gasteiger partial charge in [-0.3, -0.25) is 0 Å². The van der Waals surface area contributed by atoms with Crippen LogP contribution >= 0.6 is 0 Å². The summed E-state index contributed by atoms with van der Waals surface area (Å²) >= 11 is 0. The molecule has 0 unspecified atom stereocenters. The summed E-state index contributed by atoms with van der Waals surface area (Å²) in [5.74, 6) is 0.908. The first-order chi connectivity index (χ1) is 9.24. The Kier molecular flexibility index (Phi) is 4.29. The number of nitrogens with one attached hydrogen (secondary N) is 1. The van der Waals surface area contributed by atoms with Gasteiger partial charge in [0.2, 0.25) is 0 Å². The number of ether oxygens (including phenoxy) is 1. The van der Waals surface area contributed by atoms with Crippen LogP contribution in [0.5, 0.6) is 5.75 Å². The van der Waals surface area contributed by atoms with E-state index >= 15 is 0 Å². The van der Waals surface area contributed by atoms with E-state index in [-0.39, 0.29) is 0 Å². The second-order valence-electron chi connectivity index (χ2n) is 4.28. The molecule has 0 aromatic heterocycles. The van der Waals surface area contributed by atoms with Crippen molar-refractivity contribution in [2.75, 3.05) is 30.9 Å². The molecule has 100 valence electrons. The van der Waals surface area contributed by atoms with Gasteiger partial charge >= 0.3 is 0 Å². The predicted molar refractivity (Wildman–Crippen MR) is 81.7 cm³/mol. The Hall–Kier alpha value is -2.16. The second-order valence-corrected chi connectivity index (χ2v) is 4.28. The summed E-state index contributed by atoms with van der Waals surface area (Å²) < 4.78 is 5.45. The monoisotopic (exact) mass is 256 g/mol. The van der Waals surface area contributed by atoms with E-state index in [2.05, 4.69) is 53.7 Å². The van der Waals surface area contributed by atoms with Gasteiger partial charge in [0.25, 0.3) is 0 Å². The highest BCUT2D eigenvalue weighted by atomic mass is 16.5. The van der Waals surface area contributed by atoms with Gasteiger partial charge in [-0.05, 0) is 55.5 Å². The Bertz CT molecular complexity index is 505. The van der Waals surface area contributed by atoms with Crippen molar-refractivity contribution in [2.45, 2.75) is 6.92 Å². The number of hydrogen-bond acceptors (Lipinski definition) is 3. The molecule has 0 spiro atoms. The van der Waals surface area contributed by atoms with E-state index in [0.717, 1.165) is 22.8 Å². The minimum Gasteiger partial charge on any atom is -0.494 e. The highest BCUT2D eigenvalue weighted by molar-refractivity contribution is 5.65. The molecular weight excluding hydrogens is 236 g/mol. The lowest BCUT2D eigenvalue weighted by Gasteiger charge is -2.20. The summed E-state index contributed by atoms with van der Waals surface area (Å²) in [4.78, 5) is 2.15. The molecule has 0 saturated heterocycles. The Morgan fingerprint density at radius 3 is 1.95 bits per heavy atom. The Morgan fingerprint density at radius 1 is 0.947 bits per heavy atom. The van der Waals surface area contributed by atoms with Crippen LogP contribution in [-0.2, 0) is 0 Å². The molecule has 19 heavy (non-hydrogen) atoms. The van der Waals surface area contributed by atoms with Gasteiger partial charge in [-0.1, -0.05) is 0 Å². The van der Waals surface area contributed by atoms with Gasteiger partial charge in [0.15, 0.2) is 0 Å². The summed E-state index contributed by atoms with van der Waals surface area (Å²) in [7, 11) is 3.98. The van der Waals surface area contributed by atoms with Gasteiger partial charge in [0, 0.05) is 31.2 Å². The molecule has 3 nitrogen and oxygen atoms in total. The van der Waals surface area contributed by atoms with Crippen molar-refractivity contribution in [2.24, 2.45) is 0 Å². The van der Waals surface area contributed by atoms with E-state index in [1.54, 1.807) is 0 Å². The third-order valence-electron chi connectivity index (χ3n) is 3.08. The van der Waals surface area contributed by atoms with Crippen LogP contribution in [0, 0.1) is 0 Å². The molecule has 0 saturated carbocycles. The summed E-state index contributed by atoms with van der Waals surface area (Å²) in [5, 5.41) is 3.12. The first kappa shape index (κ1) is 13.3. The summed E-state index contributed by atoms with van der Waals surface area (Å²) in [6.45, 7) is 2.68. The third kappa shape index (κ3) is 3.19. The Balaban J connectivity index is 2.15. The van der Waals surface area contributed by atoms with Crippen molar-refractivity contribution in [3.63, 3.8) is 0 Å². The molecule has 0 fully saturated rings. The van der Waals surface area contributed by atoms with Crippen LogP contribution < -0.4 is 15.0 Å². The maximum atomic E-state index is 5.45. The Labute approximate surface area is 114 Å². The summed E-state index contributed by atoms with van der Waals surface area (Å²) in [6.07, 6.45) is 0. The van der Waals surface area contributed by atoms with Crippen molar-refractivity contribution in [3.8, 4) is 5.75 Å². The van der Waals surface area contributed by atoms with E-state index in [1.165, 1.54) is 0 Å². The topological polar surface area (TPSA) is 24.5 Å². The fraction of sp³-hybridized carbons (Fsp3) is 0.250. The van der Waals surface area contributed by atoms with Crippen LogP contribution in [0.4, 0.5) is 17.1 Å². The number of nitrogens with zero attached hydrogens (tertiary/aromatic N) is 1. The van der Waals surface area contributed by atoms with E-state index in [0.29, 0.717) is 6.61 Å². The minimum absolute atomic E-state index is 0.695. The fourth-order valence-electron chi connectivity index (χ4n) is 1.93. The largest absolute Gasteiger partial charge is 0.494 e. The third-order valence-corrected chi connectivity index (χ3v) is 3.08. The normalized spacial score (nSPS) is 10.1. The average molecular weight is 256 g/mol. The highest BCUT2D eigenvalue weighted by Gasteiger charge is 2.04. The lowest BCUT2D eigenvalue weighted by Crippen LogP contribution is -2.09. The smallest absolute Gasteiger partial charge is 0.119 e. The van der Waals surface area contributed by atoms with Gasteiger partial charge < -0.3 is 15.0 Å². The zero-order chi connectivity index (χ0) is 13.7. The fourth-order valence-corrected chi connectivity index (χ4v) is 1.93. The lowest BCUT2D eigenvalue weighted by molar-refractivity contribution is 0.340. The first-order valence-corrected chi connectivity index (χ1v) is 6.49. The molecule has 0 atom stereocenters. The molecule has 2 aromatic carbocycles. The summed E-state index contributed by atoms with van der Waals surface area (Å²) in [5.41, 5.74) is 3.41. The van der Waals surface area contributed by atoms with Gasteiger partial charge in [0.05, 0.1) is 6.61 Å². The molecule has 0 bridgehead atoms. The van der Waals surface area contributed by atoms with Gasteiger partial charge in [0.1, 0.15) is 5.75 Å². The second kappa shape index (κ2) is 6.14. The van der Waals surface area contributed by atoms with Crippen molar-refractivity contribution < 1.29 is 4.74 Å². The lowest BCUT2D eigenvalue weighted by atomic mass is 10.2. The molecule has 3 heteroatoms. The zero-order valence-electron chi connectivity index (χ0n) is 11.7. The summed E-state index contributed by atoms with van der Waals surface area (Å²) in [6, 6.07) is 16.5. The molecule has 0 heterocycles. The number of anilines is 3. The predicted octanol–water partition coefficient (Wildman–Crippen LogP) is 3.89. The number of benzene rings is 2. The molecule has 0 aliphatic heterocycles. The van der Waals surface area contributed by atoms with E-state index in [1.807, 2.05) is 26.1 Å². The standard InChI is InChI=1S/C16H20N2O/c1-4-19-16-11-9-15(10-12-16)18(3)14-7-5-13(17-2)6-8-14/h5-12,17H,4H2,1-3H3. The molecule has 0 radical (unpaired) electrons. The highest BCUT2D eigenvalue weighted by Crippen LogP contribution is 2.26. The van der Waals surface area contributed by atoms with Gasteiger partial charge in [-0.15, -0.1) is 0 Å². The van der Waals surface area contributed by atoms with Crippen molar-refractivity contribution in [1.82, 2.24) is 0 Å². The van der Waals surface area contributed by atoms with E-state index < -0.39 is 0 Å². The van der Waals surface area contributed by atoms with Crippen LogP contribution in [0.15, 0.2) is 48.5 Å². The quantitative estimate of drug-likeness (QED) is 0.878. The SMILES string of the molecule is CCOc1ccc(N(C)c2ccc(NC)cc2)cc1. The molecule has 0 aliphatic rings. The maximum Gasteiger partial charge on any atom is 0.119 e. The molecule has 1 N–H and O–H groups in total.